The molecule has 0 radical (unpaired) electrons. The maximum absolute atomic E-state index is 13.0. The topological polar surface area (TPSA) is 92.5 Å². The Kier molecular flexibility index (Phi) is 5.30. The zero-order chi connectivity index (χ0) is 19.1. The molecule has 1 aromatic carbocycles. The van der Waals surface area contributed by atoms with Gasteiger partial charge < -0.3 is 9.84 Å². The molecule has 0 saturated carbocycles. The SMILES string of the molecule is Cc1noc(C)c1S(=O)(=O)N1CCC[C@H]1C(=O)Nc1ccc(Cl)cc1Cl. The molecule has 10 heteroatoms. The first kappa shape index (κ1) is 19.2. The zero-order valence-electron chi connectivity index (χ0n) is 14.1. The number of amides is 1. The van der Waals surface area contributed by atoms with Crippen molar-refractivity contribution in [3.63, 3.8) is 0 Å². The van der Waals surface area contributed by atoms with Gasteiger partial charge in [0.25, 0.3) is 0 Å². The fraction of sp³-hybridized carbons (Fsp3) is 0.375. The third kappa shape index (κ3) is 3.46. The molecule has 1 aliphatic rings. The fourth-order valence-corrected chi connectivity index (χ4v) is 5.46. The number of aryl methyl sites for hydroxylation is 2. The van der Waals surface area contributed by atoms with Crippen LogP contribution >= 0.6 is 23.2 Å². The second kappa shape index (κ2) is 7.19. The number of nitrogens with zero attached hydrogens (tertiary/aromatic N) is 2. The normalized spacial score (nSPS) is 18.2. The van der Waals surface area contributed by atoms with E-state index in [1.807, 2.05) is 0 Å². The predicted octanol–water partition coefficient (Wildman–Crippen LogP) is 3.39. The van der Waals surface area contributed by atoms with E-state index in [4.69, 9.17) is 27.7 Å². The molecule has 7 nitrogen and oxygen atoms in total. The molecule has 1 amide bonds. The number of anilines is 1. The van der Waals surface area contributed by atoms with Gasteiger partial charge in [-0.3, -0.25) is 4.79 Å². The lowest BCUT2D eigenvalue weighted by molar-refractivity contribution is -0.119. The first-order valence-corrected chi connectivity index (χ1v) is 10.1. The van der Waals surface area contributed by atoms with Crippen molar-refractivity contribution in [2.75, 3.05) is 11.9 Å². The standard InChI is InChI=1S/C16H17Cl2N3O4S/c1-9-15(10(2)25-20-9)26(23,24)21-7-3-4-14(21)16(22)19-13-6-5-11(17)8-12(13)18/h5-6,8,14H,3-4,7H2,1-2H3,(H,19,22)/t14-/m0/s1. The third-order valence-electron chi connectivity index (χ3n) is 4.23. The Morgan fingerprint density at radius 2 is 2.08 bits per heavy atom. The average molecular weight is 418 g/mol. The summed E-state index contributed by atoms with van der Waals surface area (Å²) in [6, 6.07) is 3.84. The number of benzene rings is 1. The largest absolute Gasteiger partial charge is 0.360 e. The molecule has 1 aliphatic heterocycles. The van der Waals surface area contributed by atoms with Gasteiger partial charge in [-0.2, -0.15) is 4.31 Å². The molecule has 1 fully saturated rings. The number of hydrogen-bond donors (Lipinski definition) is 1. The Hall–Kier alpha value is -1.61. The van der Waals surface area contributed by atoms with Crippen LogP contribution in [0.4, 0.5) is 5.69 Å². The minimum atomic E-state index is -3.90. The maximum atomic E-state index is 13.0. The van der Waals surface area contributed by atoms with Crippen molar-refractivity contribution in [3.05, 3.63) is 39.7 Å². The number of sulfonamides is 1. The van der Waals surface area contributed by atoms with Crippen LogP contribution in [0.5, 0.6) is 0 Å². The summed E-state index contributed by atoms with van der Waals surface area (Å²) in [5.74, 6) is -0.239. The first-order chi connectivity index (χ1) is 12.2. The molecule has 0 aliphatic carbocycles. The molecule has 2 aromatic rings. The predicted molar refractivity (Wildman–Crippen MR) is 98.0 cm³/mol. The first-order valence-electron chi connectivity index (χ1n) is 7.92. The number of aromatic nitrogens is 1. The van der Waals surface area contributed by atoms with Crippen LogP contribution < -0.4 is 5.32 Å². The van der Waals surface area contributed by atoms with Crippen LogP contribution in [0.15, 0.2) is 27.6 Å². The Labute approximate surface area is 161 Å². The van der Waals surface area contributed by atoms with Gasteiger partial charge in [0.1, 0.15) is 16.6 Å². The van der Waals surface area contributed by atoms with E-state index in [2.05, 4.69) is 10.5 Å². The van der Waals surface area contributed by atoms with E-state index >= 15 is 0 Å². The number of hydrogen-bond acceptors (Lipinski definition) is 5. The van der Waals surface area contributed by atoms with Crippen LogP contribution in [-0.4, -0.2) is 36.4 Å². The molecular formula is C16H17Cl2N3O4S. The second-order valence-corrected chi connectivity index (χ2v) is 8.71. The lowest BCUT2D eigenvalue weighted by Gasteiger charge is -2.23. The molecule has 0 spiro atoms. The number of carbonyl (C=O) groups excluding carboxylic acids is 1. The molecule has 1 N–H and O–H groups in total. The third-order valence-corrected chi connectivity index (χ3v) is 6.93. The summed E-state index contributed by atoms with van der Waals surface area (Å²) in [6.07, 6.45) is 0.995. The van der Waals surface area contributed by atoms with Crippen molar-refractivity contribution in [1.29, 1.82) is 0 Å². The average Bonchev–Trinajstić information content (AvgIpc) is 3.17. The number of nitrogens with one attached hydrogen (secondary N) is 1. The van der Waals surface area contributed by atoms with Gasteiger partial charge in [0, 0.05) is 11.6 Å². The summed E-state index contributed by atoms with van der Waals surface area (Å²) in [7, 11) is -3.90. The van der Waals surface area contributed by atoms with E-state index in [9.17, 15) is 13.2 Å². The smallest absolute Gasteiger partial charge is 0.249 e. The minimum Gasteiger partial charge on any atom is -0.360 e. The zero-order valence-corrected chi connectivity index (χ0v) is 16.5. The van der Waals surface area contributed by atoms with Gasteiger partial charge in [-0.25, -0.2) is 8.42 Å². The summed E-state index contributed by atoms with van der Waals surface area (Å²) in [6.45, 7) is 3.34. The summed E-state index contributed by atoms with van der Waals surface area (Å²) in [4.78, 5) is 12.7. The molecule has 0 bridgehead atoms. The summed E-state index contributed by atoms with van der Waals surface area (Å²) >= 11 is 11.9. The quantitative estimate of drug-likeness (QED) is 0.822. The van der Waals surface area contributed by atoms with Crippen LogP contribution in [-0.2, 0) is 14.8 Å². The Balaban J connectivity index is 1.87. The van der Waals surface area contributed by atoms with Crippen molar-refractivity contribution in [1.82, 2.24) is 9.46 Å². The highest BCUT2D eigenvalue weighted by atomic mass is 35.5. The van der Waals surface area contributed by atoms with Gasteiger partial charge in [-0.05, 0) is 44.9 Å². The van der Waals surface area contributed by atoms with Crippen molar-refractivity contribution in [2.45, 2.75) is 37.6 Å². The highest BCUT2D eigenvalue weighted by molar-refractivity contribution is 7.89. The Morgan fingerprint density at radius 1 is 1.35 bits per heavy atom. The van der Waals surface area contributed by atoms with E-state index in [1.165, 1.54) is 17.3 Å². The van der Waals surface area contributed by atoms with Gasteiger partial charge in [0.15, 0.2) is 5.76 Å². The lowest BCUT2D eigenvalue weighted by Crippen LogP contribution is -2.43. The lowest BCUT2D eigenvalue weighted by atomic mass is 10.2. The van der Waals surface area contributed by atoms with Crippen molar-refractivity contribution in [2.24, 2.45) is 0 Å². The van der Waals surface area contributed by atoms with E-state index in [-0.39, 0.29) is 27.9 Å². The van der Waals surface area contributed by atoms with Gasteiger partial charge >= 0.3 is 0 Å². The maximum Gasteiger partial charge on any atom is 0.249 e. The molecule has 26 heavy (non-hydrogen) atoms. The van der Waals surface area contributed by atoms with Gasteiger partial charge in [-0.15, -0.1) is 0 Å². The van der Waals surface area contributed by atoms with E-state index < -0.39 is 22.0 Å². The molecule has 2 heterocycles. The molecular weight excluding hydrogens is 401 g/mol. The van der Waals surface area contributed by atoms with E-state index in [1.54, 1.807) is 19.1 Å². The fourth-order valence-electron chi connectivity index (χ4n) is 3.06. The molecule has 1 saturated heterocycles. The van der Waals surface area contributed by atoms with E-state index in [0.29, 0.717) is 23.6 Å². The van der Waals surface area contributed by atoms with Crippen LogP contribution in [0, 0.1) is 13.8 Å². The van der Waals surface area contributed by atoms with Gasteiger partial charge in [0.05, 0.1) is 10.7 Å². The monoisotopic (exact) mass is 417 g/mol. The van der Waals surface area contributed by atoms with Crippen LogP contribution in [0.3, 0.4) is 0 Å². The highest BCUT2D eigenvalue weighted by Crippen LogP contribution is 2.31. The Bertz CT molecular complexity index is 939. The van der Waals surface area contributed by atoms with Crippen LogP contribution in [0.1, 0.15) is 24.3 Å². The van der Waals surface area contributed by atoms with Gasteiger partial charge in [0.2, 0.25) is 15.9 Å². The summed E-state index contributed by atoms with van der Waals surface area (Å²) < 4.78 is 32.2. The van der Waals surface area contributed by atoms with Crippen LogP contribution in [0.25, 0.3) is 0 Å². The van der Waals surface area contributed by atoms with Crippen LogP contribution in [0.2, 0.25) is 10.0 Å². The Morgan fingerprint density at radius 3 is 2.69 bits per heavy atom. The van der Waals surface area contributed by atoms with Crippen molar-refractivity contribution >= 4 is 44.8 Å². The van der Waals surface area contributed by atoms with E-state index in [0.717, 1.165) is 0 Å². The number of carbonyl (C=O) groups is 1. The molecule has 140 valence electrons. The molecule has 0 unspecified atom stereocenters. The van der Waals surface area contributed by atoms with Gasteiger partial charge in [-0.1, -0.05) is 28.4 Å². The van der Waals surface area contributed by atoms with Crippen molar-refractivity contribution < 1.29 is 17.7 Å². The van der Waals surface area contributed by atoms with Crippen molar-refractivity contribution in [3.8, 4) is 0 Å². The molecule has 1 aromatic heterocycles. The summed E-state index contributed by atoms with van der Waals surface area (Å²) in [5, 5.41) is 7.10. The number of rotatable bonds is 4. The summed E-state index contributed by atoms with van der Waals surface area (Å²) in [5.41, 5.74) is 0.650. The highest BCUT2D eigenvalue weighted by Gasteiger charge is 2.42. The minimum absolute atomic E-state index is 0.0155. The number of halogens is 2. The molecule has 1 atom stereocenters. The second-order valence-electron chi connectivity index (χ2n) is 6.04. The molecule has 3 rings (SSSR count).